The minimum atomic E-state index is -0.275. The van der Waals surface area contributed by atoms with Gasteiger partial charge in [0.05, 0.1) is 29.3 Å². The Kier molecular flexibility index (Phi) is 9.08. The molecule has 3 rings (SSSR count). The zero-order valence-electron chi connectivity index (χ0n) is 19.2. The SMILES string of the molecule is CCN(CC)CCCOC(=O)c1c(CSc2ccccc2)n(C)c2cc(Br)c(OC)cc12. The number of halogens is 1. The van der Waals surface area contributed by atoms with Crippen molar-refractivity contribution in [3.8, 4) is 5.75 Å². The molecule has 0 aliphatic heterocycles. The molecule has 5 nitrogen and oxygen atoms in total. The lowest BCUT2D eigenvalue weighted by molar-refractivity contribution is 0.0490. The second-order valence-corrected chi connectivity index (χ2v) is 9.41. The van der Waals surface area contributed by atoms with Crippen LogP contribution in [0.4, 0.5) is 0 Å². The molecule has 0 fully saturated rings. The maximum Gasteiger partial charge on any atom is 0.340 e. The Balaban J connectivity index is 1.89. The fourth-order valence-corrected chi connectivity index (χ4v) is 5.26. The average Bonchev–Trinajstić information content (AvgIpc) is 3.08. The first-order chi connectivity index (χ1) is 15.5. The predicted molar refractivity (Wildman–Crippen MR) is 136 cm³/mol. The van der Waals surface area contributed by atoms with Crippen molar-refractivity contribution < 1.29 is 14.3 Å². The maximum absolute atomic E-state index is 13.3. The lowest BCUT2D eigenvalue weighted by atomic mass is 10.1. The summed E-state index contributed by atoms with van der Waals surface area (Å²) in [5, 5.41) is 0.852. The number of carbonyl (C=O) groups excluding carboxylic acids is 1. The van der Waals surface area contributed by atoms with Gasteiger partial charge < -0.3 is 18.9 Å². The number of methoxy groups -OCH3 is 1. The third-order valence-electron chi connectivity index (χ3n) is 5.66. The van der Waals surface area contributed by atoms with E-state index in [2.05, 4.69) is 51.4 Å². The van der Waals surface area contributed by atoms with Crippen LogP contribution in [-0.2, 0) is 17.5 Å². The minimum Gasteiger partial charge on any atom is -0.496 e. The maximum atomic E-state index is 13.3. The number of thioether (sulfide) groups is 1. The summed E-state index contributed by atoms with van der Waals surface area (Å²) in [5.41, 5.74) is 2.54. The summed E-state index contributed by atoms with van der Waals surface area (Å²) >= 11 is 5.28. The number of fused-ring (bicyclic) bond motifs is 1. The van der Waals surface area contributed by atoms with E-state index >= 15 is 0 Å². The third kappa shape index (κ3) is 5.69. The van der Waals surface area contributed by atoms with Crippen molar-refractivity contribution in [2.45, 2.75) is 30.9 Å². The van der Waals surface area contributed by atoms with Crippen molar-refractivity contribution in [1.29, 1.82) is 0 Å². The topological polar surface area (TPSA) is 43.7 Å². The van der Waals surface area contributed by atoms with Crippen LogP contribution < -0.4 is 4.74 Å². The van der Waals surface area contributed by atoms with Gasteiger partial charge in [0.1, 0.15) is 5.75 Å². The largest absolute Gasteiger partial charge is 0.496 e. The Hall–Kier alpha value is -1.96. The van der Waals surface area contributed by atoms with Crippen LogP contribution >= 0.6 is 27.7 Å². The van der Waals surface area contributed by atoms with Gasteiger partial charge in [-0.1, -0.05) is 32.0 Å². The van der Waals surface area contributed by atoms with Gasteiger partial charge in [0.2, 0.25) is 0 Å². The lowest BCUT2D eigenvalue weighted by Gasteiger charge is -2.17. The highest BCUT2D eigenvalue weighted by Gasteiger charge is 2.24. The Morgan fingerprint density at radius 3 is 2.53 bits per heavy atom. The zero-order chi connectivity index (χ0) is 23.1. The summed E-state index contributed by atoms with van der Waals surface area (Å²) in [5.74, 6) is 1.09. The zero-order valence-corrected chi connectivity index (χ0v) is 21.6. The number of benzene rings is 2. The van der Waals surface area contributed by atoms with E-state index in [9.17, 15) is 4.79 Å². The third-order valence-corrected chi connectivity index (χ3v) is 7.31. The number of ether oxygens (including phenoxy) is 2. The van der Waals surface area contributed by atoms with Gasteiger partial charge in [-0.05, 0) is 59.7 Å². The Morgan fingerprint density at radius 1 is 1.16 bits per heavy atom. The van der Waals surface area contributed by atoms with Gasteiger partial charge in [0, 0.05) is 35.3 Å². The molecule has 7 heteroatoms. The van der Waals surface area contributed by atoms with Crippen molar-refractivity contribution in [3.63, 3.8) is 0 Å². The van der Waals surface area contributed by atoms with Gasteiger partial charge in [0.15, 0.2) is 0 Å². The van der Waals surface area contributed by atoms with E-state index in [1.54, 1.807) is 18.9 Å². The molecule has 172 valence electrons. The monoisotopic (exact) mass is 518 g/mol. The molecule has 2 aromatic carbocycles. The van der Waals surface area contributed by atoms with Gasteiger partial charge >= 0.3 is 5.97 Å². The summed E-state index contributed by atoms with van der Waals surface area (Å²) in [6.45, 7) is 7.63. The molecule has 0 unspecified atom stereocenters. The van der Waals surface area contributed by atoms with Gasteiger partial charge in [0.25, 0.3) is 0 Å². The summed E-state index contributed by atoms with van der Waals surface area (Å²) in [4.78, 5) is 16.8. The van der Waals surface area contributed by atoms with E-state index in [1.807, 2.05) is 37.4 Å². The van der Waals surface area contributed by atoms with E-state index < -0.39 is 0 Å². The molecule has 0 amide bonds. The van der Waals surface area contributed by atoms with E-state index in [0.29, 0.717) is 23.7 Å². The van der Waals surface area contributed by atoms with Crippen LogP contribution in [-0.4, -0.2) is 48.8 Å². The van der Waals surface area contributed by atoms with Crippen molar-refractivity contribution in [1.82, 2.24) is 9.47 Å². The van der Waals surface area contributed by atoms with Crippen LogP contribution in [0, 0.1) is 0 Å². The summed E-state index contributed by atoms with van der Waals surface area (Å²) in [6, 6.07) is 14.1. The molecule has 0 aliphatic carbocycles. The van der Waals surface area contributed by atoms with Crippen LogP contribution in [0.2, 0.25) is 0 Å². The van der Waals surface area contributed by atoms with Crippen LogP contribution in [0.25, 0.3) is 10.9 Å². The first kappa shape index (κ1) is 24.7. The van der Waals surface area contributed by atoms with Crippen molar-refractivity contribution in [3.05, 3.63) is 58.2 Å². The normalized spacial score (nSPS) is 11.3. The molecule has 32 heavy (non-hydrogen) atoms. The van der Waals surface area contributed by atoms with E-state index in [0.717, 1.165) is 52.0 Å². The molecule has 1 aromatic heterocycles. The number of aromatic nitrogens is 1. The van der Waals surface area contributed by atoms with E-state index in [4.69, 9.17) is 9.47 Å². The highest BCUT2D eigenvalue weighted by atomic mass is 79.9. The second kappa shape index (κ2) is 11.8. The van der Waals surface area contributed by atoms with Crippen molar-refractivity contribution in [2.75, 3.05) is 33.4 Å². The van der Waals surface area contributed by atoms with Crippen molar-refractivity contribution >= 4 is 44.6 Å². The van der Waals surface area contributed by atoms with Gasteiger partial charge in [-0.25, -0.2) is 4.79 Å². The Bertz CT molecular complexity index is 1050. The Labute approximate surface area is 203 Å². The molecule has 0 saturated carbocycles. The lowest BCUT2D eigenvalue weighted by Crippen LogP contribution is -2.25. The van der Waals surface area contributed by atoms with Crippen LogP contribution in [0.1, 0.15) is 36.3 Å². The second-order valence-electron chi connectivity index (χ2n) is 7.50. The number of hydrogen-bond donors (Lipinski definition) is 0. The fourth-order valence-electron chi connectivity index (χ4n) is 3.78. The van der Waals surface area contributed by atoms with Crippen LogP contribution in [0.5, 0.6) is 5.75 Å². The van der Waals surface area contributed by atoms with Crippen LogP contribution in [0.15, 0.2) is 51.8 Å². The number of aryl methyl sites for hydroxylation is 1. The minimum absolute atomic E-state index is 0.275. The van der Waals surface area contributed by atoms with Crippen LogP contribution in [0.3, 0.4) is 0 Å². The van der Waals surface area contributed by atoms with Crippen molar-refractivity contribution in [2.24, 2.45) is 7.05 Å². The molecule has 0 spiro atoms. The molecule has 0 radical (unpaired) electrons. The fraction of sp³-hybridized carbons (Fsp3) is 0.400. The number of rotatable bonds is 11. The number of nitrogens with zero attached hydrogens (tertiary/aromatic N) is 2. The average molecular weight is 520 g/mol. The molecular weight excluding hydrogens is 488 g/mol. The smallest absolute Gasteiger partial charge is 0.340 e. The quantitative estimate of drug-likeness (QED) is 0.173. The predicted octanol–water partition coefficient (Wildman–Crippen LogP) is 6.13. The summed E-state index contributed by atoms with van der Waals surface area (Å²) < 4.78 is 14.2. The van der Waals surface area contributed by atoms with Gasteiger partial charge in [-0.15, -0.1) is 11.8 Å². The first-order valence-electron chi connectivity index (χ1n) is 10.9. The standard InChI is InChI=1S/C25H31BrN2O3S/c1-5-28(6-2)13-10-14-31-25(29)24-19-15-23(30-4)20(26)16-21(19)27(3)22(24)17-32-18-11-8-7-9-12-18/h7-9,11-12,15-16H,5-6,10,13-14,17H2,1-4H3. The molecule has 0 N–H and O–H groups in total. The van der Waals surface area contributed by atoms with E-state index in [1.165, 1.54) is 0 Å². The first-order valence-corrected chi connectivity index (χ1v) is 12.7. The number of hydrogen-bond acceptors (Lipinski definition) is 5. The van der Waals surface area contributed by atoms with Gasteiger partial charge in [-0.3, -0.25) is 0 Å². The Morgan fingerprint density at radius 2 is 1.88 bits per heavy atom. The highest BCUT2D eigenvalue weighted by molar-refractivity contribution is 9.10. The highest BCUT2D eigenvalue weighted by Crippen LogP contribution is 2.37. The molecule has 0 saturated heterocycles. The molecule has 0 bridgehead atoms. The summed E-state index contributed by atoms with van der Waals surface area (Å²) in [7, 11) is 3.63. The summed E-state index contributed by atoms with van der Waals surface area (Å²) in [6.07, 6.45) is 0.821. The van der Waals surface area contributed by atoms with Gasteiger partial charge in [-0.2, -0.15) is 0 Å². The molecular formula is C25H31BrN2O3S. The molecule has 3 aromatic rings. The van der Waals surface area contributed by atoms with E-state index in [-0.39, 0.29) is 5.97 Å². The molecule has 0 atom stereocenters. The molecule has 0 aliphatic rings. The molecule has 1 heterocycles. The number of carbonyl (C=O) groups is 1. The number of esters is 1.